The third-order valence-electron chi connectivity index (χ3n) is 3.13. The summed E-state index contributed by atoms with van der Waals surface area (Å²) in [5.74, 6) is 0.644. The minimum atomic E-state index is 0.478. The number of pyridine rings is 1. The molecule has 2 aromatic heterocycles. The number of rotatable bonds is 3. The average Bonchev–Trinajstić information content (AvgIpc) is 2.46. The van der Waals surface area contributed by atoms with Crippen molar-refractivity contribution in [2.75, 3.05) is 0 Å². The Morgan fingerprint density at radius 1 is 1.10 bits per heavy atom. The minimum Gasteiger partial charge on any atom is -0.255 e. The summed E-state index contributed by atoms with van der Waals surface area (Å²) in [4.78, 5) is 13.4. The van der Waals surface area contributed by atoms with E-state index in [1.807, 2.05) is 36.4 Å². The van der Waals surface area contributed by atoms with Crippen LogP contribution in [0.4, 0.5) is 0 Å². The fourth-order valence-electron chi connectivity index (χ4n) is 2.25. The molecular formula is C16H14ClN3. The van der Waals surface area contributed by atoms with E-state index >= 15 is 0 Å². The van der Waals surface area contributed by atoms with Crippen LogP contribution < -0.4 is 0 Å². The van der Waals surface area contributed by atoms with Gasteiger partial charge in [0.05, 0.1) is 5.52 Å². The van der Waals surface area contributed by atoms with Gasteiger partial charge in [0.1, 0.15) is 5.15 Å². The van der Waals surface area contributed by atoms with E-state index in [0.717, 1.165) is 35.0 Å². The Kier molecular flexibility index (Phi) is 3.61. The molecule has 4 heteroatoms. The van der Waals surface area contributed by atoms with Crippen LogP contribution in [-0.4, -0.2) is 15.0 Å². The summed E-state index contributed by atoms with van der Waals surface area (Å²) in [7, 11) is 0. The smallest absolute Gasteiger partial charge is 0.163 e. The number of nitrogens with zero attached hydrogens (tertiary/aromatic N) is 3. The zero-order valence-electron chi connectivity index (χ0n) is 11.2. The van der Waals surface area contributed by atoms with Crippen LogP contribution in [-0.2, 0) is 6.42 Å². The van der Waals surface area contributed by atoms with Gasteiger partial charge in [0.2, 0.25) is 0 Å². The van der Waals surface area contributed by atoms with Crippen LogP contribution in [0.25, 0.3) is 22.3 Å². The van der Waals surface area contributed by atoms with Gasteiger partial charge in [-0.1, -0.05) is 43.1 Å². The van der Waals surface area contributed by atoms with Gasteiger partial charge >= 0.3 is 0 Å². The molecule has 0 bridgehead atoms. The molecule has 0 saturated carbocycles. The van der Waals surface area contributed by atoms with Crippen LogP contribution in [0, 0.1) is 0 Å². The third kappa shape index (κ3) is 2.49. The first-order valence-corrected chi connectivity index (χ1v) is 7.03. The van der Waals surface area contributed by atoms with Gasteiger partial charge in [-0.25, -0.2) is 9.97 Å². The van der Waals surface area contributed by atoms with Gasteiger partial charge < -0.3 is 0 Å². The standard InChI is InChI=1S/C16H14ClN3/c1-2-5-12-10-14(17)20-16(19-12)13-8-3-6-11-7-4-9-18-15(11)13/h3-4,6-10H,2,5H2,1H3. The molecule has 0 fully saturated rings. The molecule has 0 spiro atoms. The van der Waals surface area contributed by atoms with Crippen LogP contribution in [0.5, 0.6) is 0 Å². The summed E-state index contributed by atoms with van der Waals surface area (Å²) in [6.45, 7) is 2.12. The molecule has 2 heterocycles. The number of fused-ring (bicyclic) bond motifs is 1. The van der Waals surface area contributed by atoms with Gasteiger partial charge in [0, 0.05) is 22.8 Å². The molecule has 0 saturated heterocycles. The van der Waals surface area contributed by atoms with Crippen molar-refractivity contribution in [1.29, 1.82) is 0 Å². The first kappa shape index (κ1) is 13.0. The van der Waals surface area contributed by atoms with Crippen molar-refractivity contribution < 1.29 is 0 Å². The van der Waals surface area contributed by atoms with Gasteiger partial charge in [0.25, 0.3) is 0 Å². The fourth-order valence-corrected chi connectivity index (χ4v) is 2.46. The second-order valence-electron chi connectivity index (χ2n) is 4.64. The van der Waals surface area contributed by atoms with Crippen molar-refractivity contribution >= 4 is 22.5 Å². The molecule has 3 nitrogen and oxygen atoms in total. The summed E-state index contributed by atoms with van der Waals surface area (Å²) in [6.07, 6.45) is 3.71. The predicted octanol–water partition coefficient (Wildman–Crippen LogP) is 4.30. The second kappa shape index (κ2) is 5.55. The highest BCUT2D eigenvalue weighted by Gasteiger charge is 2.09. The lowest BCUT2D eigenvalue weighted by Gasteiger charge is -2.07. The Balaban J connectivity index is 2.20. The van der Waals surface area contributed by atoms with Crippen molar-refractivity contribution in [3.63, 3.8) is 0 Å². The zero-order valence-corrected chi connectivity index (χ0v) is 11.9. The second-order valence-corrected chi connectivity index (χ2v) is 5.02. The predicted molar refractivity (Wildman–Crippen MR) is 81.8 cm³/mol. The van der Waals surface area contributed by atoms with E-state index < -0.39 is 0 Å². The quantitative estimate of drug-likeness (QED) is 0.673. The van der Waals surface area contributed by atoms with Gasteiger partial charge in [-0.3, -0.25) is 4.98 Å². The molecule has 1 aromatic carbocycles. The van der Waals surface area contributed by atoms with E-state index in [1.54, 1.807) is 6.20 Å². The summed E-state index contributed by atoms with van der Waals surface area (Å²) in [5, 5.41) is 1.55. The van der Waals surface area contributed by atoms with Crippen LogP contribution in [0.3, 0.4) is 0 Å². The number of aromatic nitrogens is 3. The van der Waals surface area contributed by atoms with E-state index in [0.29, 0.717) is 11.0 Å². The summed E-state index contributed by atoms with van der Waals surface area (Å²) < 4.78 is 0. The number of halogens is 1. The molecule has 20 heavy (non-hydrogen) atoms. The molecule has 0 aliphatic carbocycles. The molecule has 0 aliphatic rings. The molecule has 3 rings (SSSR count). The average molecular weight is 284 g/mol. The van der Waals surface area contributed by atoms with Crippen molar-refractivity contribution in [1.82, 2.24) is 15.0 Å². The number of para-hydroxylation sites is 1. The molecule has 0 N–H and O–H groups in total. The van der Waals surface area contributed by atoms with Crippen molar-refractivity contribution in [3.05, 3.63) is 53.4 Å². The van der Waals surface area contributed by atoms with Crippen LogP contribution in [0.2, 0.25) is 5.15 Å². The molecule has 0 amide bonds. The summed E-state index contributed by atoms with van der Waals surface area (Å²) in [6, 6.07) is 11.8. The SMILES string of the molecule is CCCc1cc(Cl)nc(-c2cccc3cccnc23)n1. The van der Waals surface area contributed by atoms with E-state index in [-0.39, 0.29) is 0 Å². The maximum absolute atomic E-state index is 6.12. The topological polar surface area (TPSA) is 38.7 Å². The number of benzene rings is 1. The normalized spacial score (nSPS) is 10.9. The lowest BCUT2D eigenvalue weighted by atomic mass is 10.1. The Bertz CT molecular complexity index is 750. The fraction of sp³-hybridized carbons (Fsp3) is 0.188. The van der Waals surface area contributed by atoms with Crippen molar-refractivity contribution in [3.8, 4) is 11.4 Å². The zero-order chi connectivity index (χ0) is 13.9. The van der Waals surface area contributed by atoms with E-state index in [4.69, 9.17) is 11.6 Å². The highest BCUT2D eigenvalue weighted by molar-refractivity contribution is 6.29. The third-order valence-corrected chi connectivity index (χ3v) is 3.32. The largest absolute Gasteiger partial charge is 0.255 e. The molecular weight excluding hydrogens is 270 g/mol. The first-order valence-electron chi connectivity index (χ1n) is 6.65. The van der Waals surface area contributed by atoms with Gasteiger partial charge in [-0.05, 0) is 24.6 Å². The molecule has 0 atom stereocenters. The Morgan fingerprint density at radius 3 is 2.80 bits per heavy atom. The van der Waals surface area contributed by atoms with Gasteiger partial charge in [-0.15, -0.1) is 0 Å². The summed E-state index contributed by atoms with van der Waals surface area (Å²) in [5.41, 5.74) is 2.79. The van der Waals surface area contributed by atoms with Crippen LogP contribution >= 0.6 is 11.6 Å². The monoisotopic (exact) mass is 283 g/mol. The molecule has 0 aliphatic heterocycles. The van der Waals surface area contributed by atoms with Gasteiger partial charge in [0.15, 0.2) is 5.82 Å². The Morgan fingerprint density at radius 2 is 1.95 bits per heavy atom. The maximum Gasteiger partial charge on any atom is 0.163 e. The maximum atomic E-state index is 6.12. The van der Waals surface area contributed by atoms with Crippen LogP contribution in [0.1, 0.15) is 19.0 Å². The number of hydrogen-bond acceptors (Lipinski definition) is 3. The van der Waals surface area contributed by atoms with Crippen LogP contribution in [0.15, 0.2) is 42.6 Å². The van der Waals surface area contributed by atoms with E-state index in [1.165, 1.54) is 0 Å². The highest BCUT2D eigenvalue weighted by atomic mass is 35.5. The Hall–Kier alpha value is -2.00. The van der Waals surface area contributed by atoms with Gasteiger partial charge in [-0.2, -0.15) is 0 Å². The van der Waals surface area contributed by atoms with E-state index in [9.17, 15) is 0 Å². The molecule has 3 aromatic rings. The van der Waals surface area contributed by atoms with E-state index in [2.05, 4.69) is 21.9 Å². The van der Waals surface area contributed by atoms with Crippen molar-refractivity contribution in [2.45, 2.75) is 19.8 Å². The Labute approximate surface area is 122 Å². The first-order chi connectivity index (χ1) is 9.78. The number of aryl methyl sites for hydroxylation is 1. The molecule has 100 valence electrons. The number of hydrogen-bond donors (Lipinski definition) is 0. The molecule has 0 unspecified atom stereocenters. The minimum absolute atomic E-state index is 0.478. The summed E-state index contributed by atoms with van der Waals surface area (Å²) >= 11 is 6.12. The lowest BCUT2D eigenvalue weighted by molar-refractivity contribution is 0.875. The van der Waals surface area contributed by atoms with Crippen molar-refractivity contribution in [2.24, 2.45) is 0 Å². The highest BCUT2D eigenvalue weighted by Crippen LogP contribution is 2.25. The lowest BCUT2D eigenvalue weighted by Crippen LogP contribution is -1.97. The molecule has 0 radical (unpaired) electrons.